The summed E-state index contributed by atoms with van der Waals surface area (Å²) in [5, 5.41) is 28.5. The minimum Gasteiger partial charge on any atom is -0.507 e. The summed E-state index contributed by atoms with van der Waals surface area (Å²) in [4.78, 5) is 12.7. The topological polar surface area (TPSA) is 111 Å². The van der Waals surface area contributed by atoms with Crippen molar-refractivity contribution in [1.29, 1.82) is 0 Å². The first-order valence-electron chi connectivity index (χ1n) is 7.45. The van der Waals surface area contributed by atoms with E-state index in [0.29, 0.717) is 5.75 Å². The molecule has 0 amide bonds. The first-order chi connectivity index (χ1) is 10.5. The van der Waals surface area contributed by atoms with Crippen LogP contribution >= 0.6 is 0 Å². The number of rotatable bonds is 2. The quantitative estimate of drug-likeness (QED) is 0.642. The van der Waals surface area contributed by atoms with E-state index in [9.17, 15) is 5.11 Å². The fraction of sp³-hybridized carbons (Fsp3) is 0.562. The Kier molecular flexibility index (Phi) is 5.95. The fourth-order valence-corrected chi connectivity index (χ4v) is 2.59. The van der Waals surface area contributed by atoms with E-state index < -0.39 is 5.09 Å². The number of aliphatic imine (C=N–C) groups is 1. The number of hydrogen-bond acceptors (Lipinski definition) is 6. The highest BCUT2D eigenvalue weighted by atomic mass is 16.9. The van der Waals surface area contributed by atoms with Gasteiger partial charge in [0.15, 0.2) is 0 Å². The molecule has 7 heteroatoms. The van der Waals surface area contributed by atoms with Crippen LogP contribution in [0.4, 0.5) is 0 Å². The first kappa shape index (κ1) is 18.7. The molecular formula is C16H24N3O4-. The third-order valence-corrected chi connectivity index (χ3v) is 3.80. The lowest BCUT2D eigenvalue weighted by molar-refractivity contribution is -0.402. The van der Waals surface area contributed by atoms with Gasteiger partial charge in [-0.15, -0.1) is 0 Å². The molecule has 0 aromatic heterocycles. The van der Waals surface area contributed by atoms with Crippen molar-refractivity contribution in [3.63, 3.8) is 0 Å². The highest BCUT2D eigenvalue weighted by Gasteiger charge is 2.22. The second-order valence-electron chi connectivity index (χ2n) is 6.60. The Morgan fingerprint density at radius 3 is 2.35 bits per heavy atom. The van der Waals surface area contributed by atoms with Gasteiger partial charge in [-0.2, -0.15) is 0 Å². The smallest absolute Gasteiger partial charge is 0.122 e. The third-order valence-electron chi connectivity index (χ3n) is 3.80. The normalized spacial score (nSPS) is 13.7. The maximum absolute atomic E-state index is 10.5. The van der Waals surface area contributed by atoms with Crippen LogP contribution in [0.1, 0.15) is 43.0 Å². The molecule has 0 fully saturated rings. The number of hydrogen-bond donors (Lipinski definition) is 2. The molecule has 1 aromatic carbocycles. The first-order valence-corrected chi connectivity index (χ1v) is 7.45. The molecule has 0 bridgehead atoms. The lowest BCUT2D eigenvalue weighted by atomic mass is 9.82. The number of nitrogens with one attached hydrogen (secondary N) is 1. The summed E-state index contributed by atoms with van der Waals surface area (Å²) in [6, 6.07) is 2.12. The summed E-state index contributed by atoms with van der Waals surface area (Å²) in [7, 11) is 0. The van der Waals surface area contributed by atoms with E-state index in [1.54, 1.807) is 0 Å². The van der Waals surface area contributed by atoms with Gasteiger partial charge in [0.1, 0.15) is 11.6 Å². The van der Waals surface area contributed by atoms with Crippen LogP contribution in [0.3, 0.4) is 0 Å². The largest absolute Gasteiger partial charge is 0.507 e. The van der Waals surface area contributed by atoms with E-state index in [1.807, 2.05) is 6.92 Å². The standard InChI is InChI=1S/C16H24N2O.NO3/c1-10-8-13(16(3,4)5)15(19)11(2)12(10)9-14-17-6-7-18-14;2-1(3)4/h8,19H,6-7,9H2,1-5H3,(H,17,18);/q;-1. The van der Waals surface area contributed by atoms with Crippen LogP contribution in [-0.4, -0.2) is 29.1 Å². The molecule has 2 N–H and O–H groups in total. The fourth-order valence-electron chi connectivity index (χ4n) is 2.59. The van der Waals surface area contributed by atoms with E-state index in [2.05, 4.69) is 44.1 Å². The molecule has 1 aliphatic rings. The van der Waals surface area contributed by atoms with Crippen molar-refractivity contribution in [3.05, 3.63) is 43.6 Å². The van der Waals surface area contributed by atoms with Crippen molar-refractivity contribution in [2.24, 2.45) is 4.99 Å². The molecule has 0 radical (unpaired) electrons. The van der Waals surface area contributed by atoms with E-state index in [0.717, 1.165) is 36.5 Å². The molecule has 0 atom stereocenters. The van der Waals surface area contributed by atoms with Crippen molar-refractivity contribution in [2.45, 2.75) is 46.5 Å². The van der Waals surface area contributed by atoms with Gasteiger partial charge in [-0.25, -0.2) is 0 Å². The average molecular weight is 322 g/mol. The molecule has 128 valence electrons. The molecule has 1 heterocycles. The highest BCUT2D eigenvalue weighted by molar-refractivity contribution is 5.86. The van der Waals surface area contributed by atoms with E-state index in [1.165, 1.54) is 11.1 Å². The van der Waals surface area contributed by atoms with Crippen molar-refractivity contribution in [1.82, 2.24) is 5.32 Å². The number of nitrogens with zero attached hydrogens (tertiary/aromatic N) is 2. The van der Waals surface area contributed by atoms with Crippen molar-refractivity contribution in [2.75, 3.05) is 13.1 Å². The Balaban J connectivity index is 0.000000593. The van der Waals surface area contributed by atoms with Gasteiger partial charge in [0, 0.05) is 13.0 Å². The van der Waals surface area contributed by atoms with Crippen LogP contribution in [0.25, 0.3) is 0 Å². The number of aryl methyl sites for hydroxylation is 1. The van der Waals surface area contributed by atoms with Crippen LogP contribution in [0.15, 0.2) is 11.1 Å². The minimum atomic E-state index is -1.75. The molecule has 0 saturated heterocycles. The summed E-state index contributed by atoms with van der Waals surface area (Å²) in [5.41, 5.74) is 4.39. The summed E-state index contributed by atoms with van der Waals surface area (Å²) in [6.45, 7) is 12.3. The molecule has 7 nitrogen and oxygen atoms in total. The minimum absolute atomic E-state index is 0.0404. The summed E-state index contributed by atoms with van der Waals surface area (Å²) >= 11 is 0. The molecule has 2 rings (SSSR count). The molecular weight excluding hydrogens is 298 g/mol. The second-order valence-corrected chi connectivity index (χ2v) is 6.60. The van der Waals surface area contributed by atoms with E-state index >= 15 is 0 Å². The highest BCUT2D eigenvalue weighted by Crippen LogP contribution is 2.36. The maximum Gasteiger partial charge on any atom is 0.122 e. The molecule has 0 saturated carbocycles. The Labute approximate surface area is 136 Å². The van der Waals surface area contributed by atoms with Crippen LogP contribution in [-0.2, 0) is 11.8 Å². The van der Waals surface area contributed by atoms with Crippen LogP contribution in [0.5, 0.6) is 5.75 Å². The summed E-state index contributed by atoms with van der Waals surface area (Å²) in [5.74, 6) is 1.47. The Hall–Kier alpha value is -2.31. The van der Waals surface area contributed by atoms with Crippen LogP contribution in [0, 0.1) is 29.2 Å². The molecule has 1 aliphatic heterocycles. The van der Waals surface area contributed by atoms with E-state index in [4.69, 9.17) is 15.3 Å². The van der Waals surface area contributed by atoms with Gasteiger partial charge >= 0.3 is 0 Å². The SMILES string of the molecule is Cc1cc(C(C)(C)C)c(O)c(C)c1CC1=NCCN1.O=[N+]([O-])[O-]. The van der Waals surface area contributed by atoms with Crippen LogP contribution in [0.2, 0.25) is 0 Å². The average Bonchev–Trinajstić information content (AvgIpc) is 2.90. The second kappa shape index (κ2) is 7.30. The summed E-state index contributed by atoms with van der Waals surface area (Å²) in [6.07, 6.45) is 0.787. The van der Waals surface area contributed by atoms with Crippen LogP contribution < -0.4 is 5.32 Å². The number of benzene rings is 1. The van der Waals surface area contributed by atoms with Crippen molar-refractivity contribution >= 4 is 5.84 Å². The zero-order chi connectivity index (χ0) is 17.8. The van der Waals surface area contributed by atoms with Gasteiger partial charge < -0.3 is 25.7 Å². The third kappa shape index (κ3) is 5.12. The number of amidine groups is 1. The monoisotopic (exact) mass is 322 g/mol. The van der Waals surface area contributed by atoms with Crippen molar-refractivity contribution in [3.8, 4) is 5.75 Å². The van der Waals surface area contributed by atoms with Gasteiger partial charge in [-0.1, -0.05) is 26.8 Å². The molecule has 0 unspecified atom stereocenters. The van der Waals surface area contributed by atoms with Gasteiger partial charge in [0.05, 0.1) is 11.6 Å². The number of phenols is 1. The lowest BCUT2D eigenvalue weighted by Gasteiger charge is -2.24. The van der Waals surface area contributed by atoms with Gasteiger partial charge in [0.2, 0.25) is 0 Å². The zero-order valence-electron chi connectivity index (χ0n) is 14.3. The van der Waals surface area contributed by atoms with Gasteiger partial charge in [-0.05, 0) is 41.5 Å². The van der Waals surface area contributed by atoms with Crippen molar-refractivity contribution < 1.29 is 10.2 Å². The Morgan fingerprint density at radius 1 is 1.35 bits per heavy atom. The number of aromatic hydroxyl groups is 1. The molecule has 1 aromatic rings. The summed E-state index contributed by atoms with van der Waals surface area (Å²) < 4.78 is 0. The zero-order valence-corrected chi connectivity index (χ0v) is 14.3. The predicted molar refractivity (Wildman–Crippen MR) is 90.7 cm³/mol. The maximum atomic E-state index is 10.5. The van der Waals surface area contributed by atoms with Gasteiger partial charge in [-0.3, -0.25) is 4.99 Å². The number of phenolic OH excluding ortho intramolecular Hbond substituents is 1. The molecule has 0 spiro atoms. The lowest BCUT2D eigenvalue weighted by Crippen LogP contribution is -2.22. The van der Waals surface area contributed by atoms with E-state index in [-0.39, 0.29) is 5.41 Å². The molecule has 0 aliphatic carbocycles. The Bertz CT molecular complexity index is 615. The van der Waals surface area contributed by atoms with Gasteiger partial charge in [0.25, 0.3) is 0 Å². The Morgan fingerprint density at radius 2 is 1.91 bits per heavy atom. The molecule has 23 heavy (non-hydrogen) atoms. The predicted octanol–water partition coefficient (Wildman–Crippen LogP) is 2.61.